The molecule has 2 N–H and O–H groups in total. The average Bonchev–Trinajstić information content (AvgIpc) is 2.69. The summed E-state index contributed by atoms with van der Waals surface area (Å²) in [6.07, 6.45) is 2.27. The summed E-state index contributed by atoms with van der Waals surface area (Å²) in [6, 6.07) is 6.44. The van der Waals surface area contributed by atoms with E-state index in [2.05, 4.69) is 15.5 Å². The summed E-state index contributed by atoms with van der Waals surface area (Å²) < 4.78 is 13.0. The normalized spacial score (nSPS) is 19.2. The largest absolute Gasteiger partial charge is 0.368 e. The lowest BCUT2D eigenvalue weighted by molar-refractivity contribution is -0.131. The van der Waals surface area contributed by atoms with Crippen molar-refractivity contribution in [1.82, 2.24) is 15.5 Å². The van der Waals surface area contributed by atoms with Crippen molar-refractivity contribution < 1.29 is 14.0 Å². The van der Waals surface area contributed by atoms with Gasteiger partial charge in [-0.25, -0.2) is 4.39 Å². The SMILES string of the molecule is Cl.Cl.O=C(NCCC(=O)N1CCN(c2ccc(F)cc2)CC1)C1CCCNC1. The van der Waals surface area contributed by atoms with Gasteiger partial charge in [-0.1, -0.05) is 0 Å². The summed E-state index contributed by atoms with van der Waals surface area (Å²) in [5.41, 5.74) is 0.979. The fourth-order valence-electron chi connectivity index (χ4n) is 3.54. The lowest BCUT2D eigenvalue weighted by atomic mass is 9.99. The number of hydrogen-bond donors (Lipinski definition) is 2. The zero-order valence-corrected chi connectivity index (χ0v) is 17.5. The van der Waals surface area contributed by atoms with Gasteiger partial charge < -0.3 is 20.4 Å². The van der Waals surface area contributed by atoms with E-state index in [9.17, 15) is 14.0 Å². The minimum atomic E-state index is -0.242. The van der Waals surface area contributed by atoms with Crippen molar-refractivity contribution >= 4 is 42.3 Å². The van der Waals surface area contributed by atoms with E-state index in [0.29, 0.717) is 26.1 Å². The van der Waals surface area contributed by atoms with Crippen LogP contribution in [0, 0.1) is 11.7 Å². The highest BCUT2D eigenvalue weighted by Gasteiger charge is 2.23. The molecule has 2 fully saturated rings. The van der Waals surface area contributed by atoms with Crippen molar-refractivity contribution in [2.24, 2.45) is 5.92 Å². The van der Waals surface area contributed by atoms with Gasteiger partial charge in [-0.05, 0) is 43.7 Å². The zero-order chi connectivity index (χ0) is 18.4. The van der Waals surface area contributed by atoms with Crippen LogP contribution in [-0.4, -0.2) is 62.5 Å². The maximum Gasteiger partial charge on any atom is 0.224 e. The van der Waals surface area contributed by atoms with Crippen LogP contribution in [0.2, 0.25) is 0 Å². The number of nitrogens with zero attached hydrogens (tertiary/aromatic N) is 2. The average molecular weight is 435 g/mol. The fraction of sp³-hybridized carbons (Fsp3) is 0.579. The zero-order valence-electron chi connectivity index (χ0n) is 15.9. The van der Waals surface area contributed by atoms with Crippen molar-refractivity contribution in [1.29, 1.82) is 0 Å². The first-order chi connectivity index (χ1) is 12.6. The second-order valence-electron chi connectivity index (χ2n) is 6.93. The van der Waals surface area contributed by atoms with E-state index in [-0.39, 0.29) is 48.4 Å². The minimum absolute atomic E-state index is 0. The highest BCUT2D eigenvalue weighted by atomic mass is 35.5. The number of benzene rings is 1. The molecule has 0 bridgehead atoms. The van der Waals surface area contributed by atoms with Gasteiger partial charge in [-0.3, -0.25) is 9.59 Å². The van der Waals surface area contributed by atoms with Gasteiger partial charge in [0.15, 0.2) is 0 Å². The lowest BCUT2D eigenvalue weighted by Crippen LogP contribution is -2.49. The molecule has 28 heavy (non-hydrogen) atoms. The summed E-state index contributed by atoms with van der Waals surface area (Å²) in [7, 11) is 0. The van der Waals surface area contributed by atoms with Gasteiger partial charge in [0.05, 0.1) is 5.92 Å². The monoisotopic (exact) mass is 434 g/mol. The van der Waals surface area contributed by atoms with Gasteiger partial charge in [-0.15, -0.1) is 24.8 Å². The molecule has 2 aliphatic rings. The molecular formula is C19H29Cl2FN4O2. The number of anilines is 1. The molecule has 1 atom stereocenters. The smallest absolute Gasteiger partial charge is 0.224 e. The Morgan fingerprint density at radius 1 is 1.11 bits per heavy atom. The Hall–Kier alpha value is -1.57. The molecule has 0 aromatic heterocycles. The number of rotatable bonds is 5. The fourth-order valence-corrected chi connectivity index (χ4v) is 3.54. The summed E-state index contributed by atoms with van der Waals surface area (Å²) in [5, 5.41) is 6.12. The van der Waals surface area contributed by atoms with Crippen LogP contribution in [-0.2, 0) is 9.59 Å². The maximum absolute atomic E-state index is 13.0. The number of hydrogen-bond acceptors (Lipinski definition) is 4. The van der Waals surface area contributed by atoms with Crippen LogP contribution in [0.4, 0.5) is 10.1 Å². The topological polar surface area (TPSA) is 64.7 Å². The number of halogens is 3. The molecule has 0 saturated carbocycles. The highest BCUT2D eigenvalue weighted by molar-refractivity contribution is 5.85. The third-order valence-corrected chi connectivity index (χ3v) is 5.13. The van der Waals surface area contributed by atoms with Crippen LogP contribution in [0.3, 0.4) is 0 Å². The van der Waals surface area contributed by atoms with Crippen molar-refractivity contribution in [3.8, 4) is 0 Å². The molecule has 158 valence electrons. The Balaban J connectivity index is 0.00000196. The lowest BCUT2D eigenvalue weighted by Gasteiger charge is -2.36. The van der Waals surface area contributed by atoms with Crippen LogP contribution >= 0.6 is 24.8 Å². The van der Waals surface area contributed by atoms with Crippen LogP contribution in [0.25, 0.3) is 0 Å². The van der Waals surface area contributed by atoms with Crippen LogP contribution in [0.15, 0.2) is 24.3 Å². The number of carbonyl (C=O) groups excluding carboxylic acids is 2. The molecular weight excluding hydrogens is 406 g/mol. The predicted octanol–water partition coefficient (Wildman–Crippen LogP) is 1.82. The molecule has 1 aromatic carbocycles. The molecule has 9 heteroatoms. The van der Waals surface area contributed by atoms with E-state index in [0.717, 1.165) is 44.7 Å². The van der Waals surface area contributed by atoms with E-state index in [1.54, 1.807) is 12.1 Å². The van der Waals surface area contributed by atoms with Gasteiger partial charge >= 0.3 is 0 Å². The summed E-state index contributed by atoms with van der Waals surface area (Å²) in [4.78, 5) is 28.4. The van der Waals surface area contributed by atoms with Crippen LogP contribution < -0.4 is 15.5 Å². The first-order valence-corrected chi connectivity index (χ1v) is 9.40. The first-order valence-electron chi connectivity index (χ1n) is 9.40. The van der Waals surface area contributed by atoms with Gasteiger partial charge in [0.25, 0.3) is 0 Å². The Labute approximate surface area is 178 Å². The minimum Gasteiger partial charge on any atom is -0.368 e. The number of nitrogens with one attached hydrogen (secondary N) is 2. The second kappa shape index (κ2) is 12.1. The van der Waals surface area contributed by atoms with E-state index in [4.69, 9.17) is 0 Å². The Kier molecular flexibility index (Phi) is 10.6. The molecule has 2 heterocycles. The molecule has 0 radical (unpaired) electrons. The molecule has 3 rings (SSSR count). The second-order valence-corrected chi connectivity index (χ2v) is 6.93. The van der Waals surface area contributed by atoms with E-state index in [1.807, 2.05) is 4.90 Å². The summed E-state index contributed by atoms with van der Waals surface area (Å²) in [6.45, 7) is 4.87. The van der Waals surface area contributed by atoms with Gasteiger partial charge in [0.1, 0.15) is 5.82 Å². The van der Waals surface area contributed by atoms with E-state index >= 15 is 0 Å². The van der Waals surface area contributed by atoms with Gasteiger partial charge in [0.2, 0.25) is 11.8 Å². The molecule has 1 unspecified atom stereocenters. The number of piperidine rings is 1. The molecule has 6 nitrogen and oxygen atoms in total. The first kappa shape index (κ1) is 24.5. The van der Waals surface area contributed by atoms with Crippen LogP contribution in [0.1, 0.15) is 19.3 Å². The van der Waals surface area contributed by atoms with Crippen molar-refractivity contribution in [3.05, 3.63) is 30.1 Å². The predicted molar refractivity (Wildman–Crippen MR) is 113 cm³/mol. The molecule has 1 aromatic rings. The summed E-state index contributed by atoms with van der Waals surface area (Å²) >= 11 is 0. The number of amides is 2. The third-order valence-electron chi connectivity index (χ3n) is 5.13. The van der Waals surface area contributed by atoms with Gasteiger partial charge in [-0.2, -0.15) is 0 Å². The molecule has 2 aliphatic heterocycles. The molecule has 2 amide bonds. The quantitative estimate of drug-likeness (QED) is 0.741. The van der Waals surface area contributed by atoms with Crippen molar-refractivity contribution in [2.75, 3.05) is 50.7 Å². The van der Waals surface area contributed by atoms with E-state index < -0.39 is 0 Å². The van der Waals surface area contributed by atoms with E-state index in [1.165, 1.54) is 12.1 Å². The van der Waals surface area contributed by atoms with Crippen molar-refractivity contribution in [3.63, 3.8) is 0 Å². The number of carbonyl (C=O) groups is 2. The molecule has 0 spiro atoms. The Bertz CT molecular complexity index is 619. The third kappa shape index (κ3) is 6.79. The molecule has 0 aliphatic carbocycles. The van der Waals surface area contributed by atoms with Crippen LogP contribution in [0.5, 0.6) is 0 Å². The van der Waals surface area contributed by atoms with Crippen molar-refractivity contribution in [2.45, 2.75) is 19.3 Å². The maximum atomic E-state index is 13.0. The van der Waals surface area contributed by atoms with Gasteiger partial charge in [0, 0.05) is 51.4 Å². The Morgan fingerprint density at radius 2 is 1.79 bits per heavy atom. The Morgan fingerprint density at radius 3 is 2.39 bits per heavy atom. The summed E-state index contributed by atoms with van der Waals surface area (Å²) in [5.74, 6) is -0.0938. The number of piperazine rings is 1. The molecule has 2 saturated heterocycles. The standard InChI is InChI=1S/C19H27FN4O2.2ClH/c20-16-3-5-17(6-4-16)23-10-12-24(13-11-23)18(25)7-9-22-19(26)15-2-1-8-21-14-15;;/h3-6,15,21H,1-2,7-14H2,(H,22,26);2*1H. The highest BCUT2D eigenvalue weighted by Crippen LogP contribution is 2.17.